The number of aliphatic hydroxyl groups is 1. The van der Waals surface area contributed by atoms with Crippen LogP contribution in [0.5, 0.6) is 5.75 Å². The summed E-state index contributed by atoms with van der Waals surface area (Å²) in [4.78, 5) is 16.9. The van der Waals surface area contributed by atoms with Crippen molar-refractivity contribution in [1.29, 1.82) is 0 Å². The van der Waals surface area contributed by atoms with Gasteiger partial charge in [0.05, 0.1) is 33.4 Å². The van der Waals surface area contributed by atoms with Gasteiger partial charge in [0.1, 0.15) is 0 Å². The topological polar surface area (TPSA) is 105 Å². The van der Waals surface area contributed by atoms with Crippen molar-refractivity contribution in [3.63, 3.8) is 0 Å². The molecular weight excluding hydrogens is 554 g/mol. The fourth-order valence-electron chi connectivity index (χ4n) is 3.71. The van der Waals surface area contributed by atoms with Gasteiger partial charge in [-0.3, -0.25) is 9.89 Å². The number of nitrogens with one attached hydrogen (secondary N) is 1. The number of anilines is 1. The van der Waals surface area contributed by atoms with E-state index in [1.807, 2.05) is 0 Å². The minimum Gasteiger partial charge on any atom is -0.505 e. The Kier molecular flexibility index (Phi) is 7.08. The number of thiocarbonyl (C=S) groups is 1. The molecule has 0 amide bonds. The minimum absolute atomic E-state index is 0.0335. The Bertz CT molecular complexity index is 1390. The first-order chi connectivity index (χ1) is 17.3. The average molecular weight is 570 g/mol. The Labute approximate surface area is 223 Å². The van der Waals surface area contributed by atoms with Gasteiger partial charge >= 0.3 is 12.1 Å². The second kappa shape index (κ2) is 9.82. The predicted molar refractivity (Wildman–Crippen MR) is 136 cm³/mol. The van der Waals surface area contributed by atoms with E-state index in [1.165, 1.54) is 53.4 Å². The lowest BCUT2D eigenvalue weighted by Gasteiger charge is -2.33. The molecule has 4 rings (SSSR count). The zero-order chi connectivity index (χ0) is 27.1. The number of rotatable bonds is 5. The molecule has 192 valence electrons. The lowest BCUT2D eigenvalue weighted by Crippen LogP contribution is -2.47. The largest absolute Gasteiger partial charge is 0.505 e. The summed E-state index contributed by atoms with van der Waals surface area (Å²) in [5, 5.41) is 33.7. The zero-order valence-corrected chi connectivity index (χ0v) is 20.8. The maximum Gasteiger partial charge on any atom is 0.416 e. The molecule has 1 saturated heterocycles. The number of amidine groups is 1. The minimum atomic E-state index is -4.49. The van der Waals surface area contributed by atoms with E-state index in [0.29, 0.717) is 5.56 Å². The molecule has 1 aliphatic heterocycles. The van der Waals surface area contributed by atoms with Gasteiger partial charge in [0.2, 0.25) is 5.72 Å². The Balaban J connectivity index is 1.80. The molecule has 1 fully saturated rings. The van der Waals surface area contributed by atoms with Crippen LogP contribution in [-0.4, -0.2) is 32.2 Å². The number of carboxylic acid groups (broad SMARTS) is 1. The number of benzene rings is 3. The Hall–Kier alpha value is -3.38. The second-order valence-electron chi connectivity index (χ2n) is 7.94. The highest BCUT2D eigenvalue weighted by molar-refractivity contribution is 7.80. The van der Waals surface area contributed by atoms with E-state index in [0.717, 1.165) is 12.1 Å². The summed E-state index contributed by atoms with van der Waals surface area (Å²) in [5.74, 6) is -1.64. The van der Waals surface area contributed by atoms with Crippen molar-refractivity contribution < 1.29 is 33.3 Å². The molecule has 3 aromatic rings. The monoisotopic (exact) mass is 569 g/mol. The van der Waals surface area contributed by atoms with Crippen molar-refractivity contribution in [2.75, 3.05) is 4.90 Å². The van der Waals surface area contributed by atoms with Crippen LogP contribution in [-0.2, 0) is 18.4 Å². The third-order valence-corrected chi connectivity index (χ3v) is 6.44. The van der Waals surface area contributed by atoms with Crippen molar-refractivity contribution in [2.45, 2.75) is 18.4 Å². The highest BCUT2D eigenvalue weighted by atomic mass is 35.5. The third-order valence-electron chi connectivity index (χ3n) is 5.58. The van der Waals surface area contributed by atoms with Crippen LogP contribution in [0.25, 0.3) is 0 Å². The van der Waals surface area contributed by atoms with Crippen molar-refractivity contribution in [1.82, 2.24) is 5.32 Å². The first-order valence-corrected chi connectivity index (χ1v) is 11.5. The molecule has 1 unspecified atom stereocenters. The molecule has 0 radical (unpaired) electrons. The van der Waals surface area contributed by atoms with E-state index >= 15 is 0 Å². The zero-order valence-electron chi connectivity index (χ0n) is 18.4. The van der Waals surface area contributed by atoms with Crippen LogP contribution >= 0.6 is 35.4 Å². The summed E-state index contributed by atoms with van der Waals surface area (Å²) in [6, 6.07) is 12.3. The number of hydrogen-bond donors (Lipinski definition) is 4. The average Bonchev–Trinajstić information content (AvgIpc) is 3.10. The summed E-state index contributed by atoms with van der Waals surface area (Å²) < 4.78 is 38.7. The van der Waals surface area contributed by atoms with Crippen molar-refractivity contribution in [2.24, 2.45) is 4.99 Å². The maximum atomic E-state index is 12.9. The van der Waals surface area contributed by atoms with E-state index in [1.54, 1.807) is 0 Å². The number of phenolic OH excluding ortho intramolecular Hbond substituents is 1. The van der Waals surface area contributed by atoms with Gasteiger partial charge in [-0.2, -0.15) is 13.2 Å². The first kappa shape index (κ1) is 26.7. The maximum absolute atomic E-state index is 12.9. The van der Waals surface area contributed by atoms with Crippen molar-refractivity contribution in [3.8, 4) is 5.75 Å². The SMILES string of the molecule is O=C(O)c1ccc(C2(O)C(=NCc3ccc(C(F)(F)F)cc3)NC(=S)N2c2cc(Cl)c(O)c(Cl)c2)cc1. The summed E-state index contributed by atoms with van der Waals surface area (Å²) >= 11 is 17.6. The number of nitrogens with zero attached hydrogens (tertiary/aromatic N) is 2. The molecular formula is C24H16Cl2F3N3O4S. The molecule has 3 aromatic carbocycles. The Morgan fingerprint density at radius 2 is 1.62 bits per heavy atom. The molecule has 0 spiro atoms. The molecule has 0 saturated carbocycles. The lowest BCUT2D eigenvalue weighted by atomic mass is 9.98. The van der Waals surface area contributed by atoms with Crippen LogP contribution in [0.15, 0.2) is 65.7 Å². The first-order valence-electron chi connectivity index (χ1n) is 10.4. The molecule has 1 atom stereocenters. The third kappa shape index (κ3) is 5.08. The fraction of sp³-hybridized carbons (Fsp3) is 0.125. The number of phenols is 1. The molecule has 4 N–H and O–H groups in total. The van der Waals surface area contributed by atoms with Gasteiger partial charge < -0.3 is 20.6 Å². The van der Waals surface area contributed by atoms with Crippen LogP contribution in [0.4, 0.5) is 18.9 Å². The Morgan fingerprint density at radius 3 is 2.14 bits per heavy atom. The van der Waals surface area contributed by atoms with Crippen molar-refractivity contribution >= 4 is 58.0 Å². The van der Waals surface area contributed by atoms with Crippen LogP contribution in [0.1, 0.15) is 27.0 Å². The van der Waals surface area contributed by atoms with E-state index in [4.69, 9.17) is 35.4 Å². The van der Waals surface area contributed by atoms with Crippen LogP contribution in [0.2, 0.25) is 10.0 Å². The lowest BCUT2D eigenvalue weighted by molar-refractivity contribution is -0.137. The van der Waals surface area contributed by atoms with Crippen LogP contribution < -0.4 is 10.2 Å². The summed E-state index contributed by atoms with van der Waals surface area (Å²) in [5.41, 5.74) is -2.21. The van der Waals surface area contributed by atoms with Gasteiger partial charge in [-0.25, -0.2) is 4.79 Å². The molecule has 1 aliphatic rings. The van der Waals surface area contributed by atoms with E-state index in [2.05, 4.69) is 10.3 Å². The van der Waals surface area contributed by atoms with E-state index in [9.17, 15) is 33.3 Å². The number of carboxylic acids is 1. The highest BCUT2D eigenvalue weighted by Crippen LogP contribution is 2.42. The highest BCUT2D eigenvalue weighted by Gasteiger charge is 2.50. The Morgan fingerprint density at radius 1 is 1.05 bits per heavy atom. The molecule has 37 heavy (non-hydrogen) atoms. The molecule has 0 bridgehead atoms. The quantitative estimate of drug-likeness (QED) is 0.298. The number of alkyl halides is 3. The predicted octanol–water partition coefficient (Wildman–Crippen LogP) is 5.55. The number of carbonyl (C=O) groups is 1. The van der Waals surface area contributed by atoms with Gasteiger partial charge in [-0.05, 0) is 54.2 Å². The standard InChI is InChI=1S/C24H16Cl2F3N3O4S/c25-17-9-16(10-18(26)19(17)33)32-22(37)31-21(23(32,36)14-7-3-13(4-8-14)20(34)35)30-11-12-1-5-15(6-2-12)24(27,28)29/h1-10,33,36H,11H2,(H,34,35)(H,30,31,37). The number of aliphatic imine (C=N–C) groups is 1. The van der Waals surface area contributed by atoms with Gasteiger partial charge in [0.25, 0.3) is 0 Å². The van der Waals surface area contributed by atoms with Gasteiger partial charge in [0.15, 0.2) is 16.7 Å². The number of hydrogen-bond acceptors (Lipinski definition) is 5. The second-order valence-corrected chi connectivity index (χ2v) is 9.14. The summed E-state index contributed by atoms with van der Waals surface area (Å²) in [6.45, 7) is -0.121. The normalized spacial score (nSPS) is 18.8. The summed E-state index contributed by atoms with van der Waals surface area (Å²) in [7, 11) is 0. The number of aromatic hydroxyl groups is 1. The number of aromatic carboxylic acids is 1. The van der Waals surface area contributed by atoms with Crippen molar-refractivity contribution in [3.05, 3.63) is 93.0 Å². The molecule has 13 heteroatoms. The smallest absolute Gasteiger partial charge is 0.416 e. The molecule has 0 aromatic heterocycles. The van der Waals surface area contributed by atoms with Crippen LogP contribution in [0, 0.1) is 0 Å². The van der Waals surface area contributed by atoms with E-state index < -0.39 is 23.4 Å². The fourth-order valence-corrected chi connectivity index (χ4v) is 4.52. The van der Waals surface area contributed by atoms with Gasteiger partial charge in [0, 0.05) is 5.56 Å². The molecule has 1 heterocycles. The summed E-state index contributed by atoms with van der Waals surface area (Å²) in [6.07, 6.45) is -4.49. The molecule has 7 nitrogen and oxygen atoms in total. The van der Waals surface area contributed by atoms with Gasteiger partial charge in [-0.1, -0.05) is 47.5 Å². The molecule has 0 aliphatic carbocycles. The number of halogens is 5. The van der Waals surface area contributed by atoms with E-state index in [-0.39, 0.29) is 50.1 Å². The van der Waals surface area contributed by atoms with Crippen LogP contribution in [0.3, 0.4) is 0 Å². The van der Waals surface area contributed by atoms with Gasteiger partial charge in [-0.15, -0.1) is 0 Å².